The number of amides is 2. The molecule has 0 aromatic heterocycles. The molecule has 0 aromatic carbocycles. The van der Waals surface area contributed by atoms with Crippen molar-refractivity contribution in [1.82, 2.24) is 10.6 Å². The Kier molecular flexibility index (Phi) is 9.94. The highest BCUT2D eigenvalue weighted by Crippen LogP contribution is 2.01. The molecule has 0 radical (unpaired) electrons. The number of hydrogen-bond acceptors (Lipinski definition) is 3. The highest BCUT2D eigenvalue weighted by molar-refractivity contribution is 5.73. The summed E-state index contributed by atoms with van der Waals surface area (Å²) in [7, 11) is 0. The summed E-state index contributed by atoms with van der Waals surface area (Å²) in [6, 6.07) is -0.154. The predicted octanol–water partition coefficient (Wildman–Crippen LogP) is 2.31. The van der Waals surface area contributed by atoms with E-state index in [2.05, 4.69) is 24.5 Å². The number of carbonyl (C=O) groups is 2. The summed E-state index contributed by atoms with van der Waals surface area (Å²) in [5.74, 6) is 0.371. The average Bonchev–Trinajstić information content (AvgIpc) is 2.33. The molecule has 0 aromatic rings. The van der Waals surface area contributed by atoms with Crippen LogP contribution in [0.25, 0.3) is 0 Å². The molecule has 112 valence electrons. The summed E-state index contributed by atoms with van der Waals surface area (Å²) in [5, 5.41) is 5.53. The van der Waals surface area contributed by atoms with E-state index >= 15 is 0 Å². The maximum atomic E-state index is 11.4. The molecule has 0 fully saturated rings. The van der Waals surface area contributed by atoms with Gasteiger partial charge in [0.15, 0.2) is 0 Å². The van der Waals surface area contributed by atoms with Gasteiger partial charge in [0, 0.05) is 13.1 Å². The Morgan fingerprint density at radius 3 is 2.11 bits per heavy atom. The first-order valence-electron chi connectivity index (χ1n) is 7.11. The second-order valence-corrected chi connectivity index (χ2v) is 5.39. The van der Waals surface area contributed by atoms with Crippen molar-refractivity contribution in [3.8, 4) is 0 Å². The molecule has 19 heavy (non-hydrogen) atoms. The lowest BCUT2D eigenvalue weighted by Crippen LogP contribution is -2.37. The van der Waals surface area contributed by atoms with Crippen molar-refractivity contribution in [3.63, 3.8) is 0 Å². The molecule has 2 N–H and O–H groups in total. The van der Waals surface area contributed by atoms with E-state index in [-0.39, 0.29) is 17.9 Å². The number of hydrogen-bond donors (Lipinski definition) is 2. The molecule has 0 saturated carbocycles. The van der Waals surface area contributed by atoms with E-state index in [1.54, 1.807) is 13.8 Å². The van der Waals surface area contributed by atoms with Crippen molar-refractivity contribution in [2.45, 2.75) is 47.0 Å². The number of carbonyl (C=O) groups excluding carboxylic acids is 2. The summed E-state index contributed by atoms with van der Waals surface area (Å²) in [5.41, 5.74) is 0. The van der Waals surface area contributed by atoms with Crippen LogP contribution in [-0.4, -0.2) is 31.7 Å². The topological polar surface area (TPSA) is 67.4 Å². The van der Waals surface area contributed by atoms with Crippen LogP contribution >= 0.6 is 0 Å². The van der Waals surface area contributed by atoms with Crippen LogP contribution in [0.1, 0.15) is 47.0 Å². The monoisotopic (exact) mass is 272 g/mol. The molecule has 2 amide bonds. The lowest BCUT2D eigenvalue weighted by atomic mass is 10.1. The average molecular weight is 272 g/mol. The normalized spacial score (nSPS) is 10.6. The van der Waals surface area contributed by atoms with Crippen molar-refractivity contribution < 1.29 is 14.3 Å². The van der Waals surface area contributed by atoms with Gasteiger partial charge in [-0.3, -0.25) is 4.79 Å². The number of urea groups is 1. The van der Waals surface area contributed by atoms with E-state index in [0.29, 0.717) is 32.0 Å². The van der Waals surface area contributed by atoms with Crippen LogP contribution in [0.3, 0.4) is 0 Å². The highest BCUT2D eigenvalue weighted by Gasteiger charge is 2.07. The van der Waals surface area contributed by atoms with Gasteiger partial charge >= 0.3 is 12.0 Å². The van der Waals surface area contributed by atoms with E-state index in [1.165, 1.54) is 0 Å². The third-order valence-corrected chi connectivity index (χ3v) is 2.57. The lowest BCUT2D eigenvalue weighted by molar-refractivity contribution is -0.147. The Hall–Kier alpha value is -1.26. The molecule has 0 rings (SSSR count). The van der Waals surface area contributed by atoms with Gasteiger partial charge in [0.2, 0.25) is 0 Å². The van der Waals surface area contributed by atoms with Gasteiger partial charge in [0.1, 0.15) is 0 Å². The van der Waals surface area contributed by atoms with Gasteiger partial charge in [-0.1, -0.05) is 27.7 Å². The van der Waals surface area contributed by atoms with E-state index in [1.807, 2.05) is 0 Å². The molecule has 0 saturated heterocycles. The maximum absolute atomic E-state index is 11.4. The first-order chi connectivity index (χ1) is 8.93. The zero-order chi connectivity index (χ0) is 14.7. The van der Waals surface area contributed by atoms with Crippen molar-refractivity contribution >= 4 is 12.0 Å². The SMILES string of the molecule is CC(C)CCCNC(=O)NCCCOC(=O)C(C)C. The fourth-order valence-electron chi connectivity index (χ4n) is 1.39. The fourth-order valence-corrected chi connectivity index (χ4v) is 1.39. The van der Waals surface area contributed by atoms with Crippen LogP contribution in [0.5, 0.6) is 0 Å². The van der Waals surface area contributed by atoms with Crippen LogP contribution in [0.4, 0.5) is 4.79 Å². The van der Waals surface area contributed by atoms with Crippen molar-refractivity contribution in [1.29, 1.82) is 0 Å². The summed E-state index contributed by atoms with van der Waals surface area (Å²) >= 11 is 0. The summed E-state index contributed by atoms with van der Waals surface area (Å²) in [6.07, 6.45) is 2.75. The highest BCUT2D eigenvalue weighted by atomic mass is 16.5. The van der Waals surface area contributed by atoms with E-state index < -0.39 is 0 Å². The molecule has 0 aliphatic rings. The first-order valence-corrected chi connectivity index (χ1v) is 7.11. The largest absolute Gasteiger partial charge is 0.465 e. The summed E-state index contributed by atoms with van der Waals surface area (Å²) in [4.78, 5) is 22.5. The standard InChI is InChI=1S/C14H28N2O3/c1-11(2)7-5-8-15-14(18)16-9-6-10-19-13(17)12(3)4/h11-12H,5-10H2,1-4H3,(H2,15,16,18). The third-order valence-electron chi connectivity index (χ3n) is 2.57. The Morgan fingerprint density at radius 2 is 1.58 bits per heavy atom. The van der Waals surface area contributed by atoms with Gasteiger partial charge in [0.25, 0.3) is 0 Å². The minimum Gasteiger partial charge on any atom is -0.465 e. The van der Waals surface area contributed by atoms with Crippen LogP contribution in [0.15, 0.2) is 0 Å². The molecule has 0 unspecified atom stereocenters. The third kappa shape index (κ3) is 11.6. The zero-order valence-corrected chi connectivity index (χ0v) is 12.6. The van der Waals surface area contributed by atoms with Gasteiger partial charge < -0.3 is 15.4 Å². The second-order valence-electron chi connectivity index (χ2n) is 5.39. The van der Waals surface area contributed by atoms with E-state index in [4.69, 9.17) is 4.74 Å². The minimum absolute atomic E-state index is 0.0998. The molecule has 5 heteroatoms. The fraction of sp³-hybridized carbons (Fsp3) is 0.857. The van der Waals surface area contributed by atoms with Gasteiger partial charge in [0.05, 0.1) is 12.5 Å². The zero-order valence-electron chi connectivity index (χ0n) is 12.6. The minimum atomic E-state index is -0.196. The number of rotatable bonds is 9. The van der Waals surface area contributed by atoms with E-state index in [0.717, 1.165) is 12.8 Å². The molecule has 0 aliphatic heterocycles. The Bertz CT molecular complexity index is 265. The van der Waals surface area contributed by atoms with E-state index in [9.17, 15) is 9.59 Å². The van der Waals surface area contributed by atoms with Crippen LogP contribution in [0, 0.1) is 11.8 Å². The number of nitrogens with one attached hydrogen (secondary N) is 2. The second kappa shape index (κ2) is 10.6. The molecular formula is C14H28N2O3. The number of esters is 1. The molecule has 0 bridgehead atoms. The Morgan fingerprint density at radius 1 is 1.00 bits per heavy atom. The molecule has 5 nitrogen and oxygen atoms in total. The van der Waals surface area contributed by atoms with Crippen molar-refractivity contribution in [3.05, 3.63) is 0 Å². The van der Waals surface area contributed by atoms with Crippen LogP contribution in [0.2, 0.25) is 0 Å². The van der Waals surface area contributed by atoms with Crippen molar-refractivity contribution in [2.75, 3.05) is 19.7 Å². The van der Waals surface area contributed by atoms with Gasteiger partial charge in [-0.25, -0.2) is 4.79 Å². The summed E-state index contributed by atoms with van der Waals surface area (Å²) < 4.78 is 5.00. The molecule has 0 spiro atoms. The van der Waals surface area contributed by atoms with Crippen molar-refractivity contribution in [2.24, 2.45) is 11.8 Å². The molecule has 0 heterocycles. The summed E-state index contributed by atoms with van der Waals surface area (Å²) in [6.45, 7) is 9.49. The Labute approximate surface area is 116 Å². The molecule has 0 atom stereocenters. The number of ether oxygens (including phenoxy) is 1. The van der Waals surface area contributed by atoms with Gasteiger partial charge in [-0.2, -0.15) is 0 Å². The smallest absolute Gasteiger partial charge is 0.314 e. The Balaban J connectivity index is 3.36. The predicted molar refractivity (Wildman–Crippen MR) is 75.9 cm³/mol. The molecule has 0 aliphatic carbocycles. The molecular weight excluding hydrogens is 244 g/mol. The van der Waals surface area contributed by atoms with Gasteiger partial charge in [-0.05, 0) is 25.2 Å². The van der Waals surface area contributed by atoms with Crippen LogP contribution in [-0.2, 0) is 9.53 Å². The first kappa shape index (κ1) is 17.7. The quantitative estimate of drug-likeness (QED) is 0.500. The lowest BCUT2D eigenvalue weighted by Gasteiger charge is -2.09. The van der Waals surface area contributed by atoms with Gasteiger partial charge in [-0.15, -0.1) is 0 Å². The maximum Gasteiger partial charge on any atom is 0.314 e. The van der Waals surface area contributed by atoms with Crippen LogP contribution < -0.4 is 10.6 Å².